The molecule has 1 aliphatic carbocycles. The van der Waals surface area contributed by atoms with Crippen LogP contribution in [0.15, 0.2) is 0 Å². The van der Waals surface area contributed by atoms with Gasteiger partial charge in [0.15, 0.2) is 0 Å². The zero-order chi connectivity index (χ0) is 8.48. The molecule has 0 aliphatic heterocycles. The third-order valence-electron chi connectivity index (χ3n) is 3.78. The maximum absolute atomic E-state index is 5.92. The molecule has 0 amide bonds. The van der Waals surface area contributed by atoms with Gasteiger partial charge in [-0.05, 0) is 31.1 Å². The molecule has 1 heteroatoms. The zero-order valence-electron chi connectivity index (χ0n) is 8.06. The first-order chi connectivity index (χ1) is 5.16. The highest BCUT2D eigenvalue weighted by Gasteiger charge is 2.44. The van der Waals surface area contributed by atoms with Gasteiger partial charge in [0.25, 0.3) is 0 Å². The van der Waals surface area contributed by atoms with Crippen molar-refractivity contribution in [3.05, 3.63) is 0 Å². The Bertz CT molecular complexity index is 119. The van der Waals surface area contributed by atoms with Crippen LogP contribution in [0.3, 0.4) is 0 Å². The summed E-state index contributed by atoms with van der Waals surface area (Å²) >= 11 is 0. The first-order valence-electron chi connectivity index (χ1n) is 4.92. The summed E-state index contributed by atoms with van der Waals surface area (Å²) in [5.41, 5.74) is 6.54. The van der Waals surface area contributed by atoms with E-state index in [2.05, 4.69) is 20.8 Å². The summed E-state index contributed by atoms with van der Waals surface area (Å²) in [5.74, 6) is 0.803. The van der Waals surface area contributed by atoms with Crippen LogP contribution in [0.2, 0.25) is 0 Å². The van der Waals surface area contributed by atoms with Crippen molar-refractivity contribution < 1.29 is 0 Å². The third-order valence-corrected chi connectivity index (χ3v) is 3.78. The summed E-state index contributed by atoms with van der Waals surface area (Å²) in [4.78, 5) is 0. The van der Waals surface area contributed by atoms with Gasteiger partial charge in [-0.1, -0.05) is 26.7 Å². The fourth-order valence-electron chi connectivity index (χ4n) is 2.67. The van der Waals surface area contributed by atoms with Crippen molar-refractivity contribution >= 4 is 0 Å². The predicted octanol–water partition coefficient (Wildman–Crippen LogP) is 2.55. The molecule has 1 saturated carbocycles. The van der Waals surface area contributed by atoms with Crippen molar-refractivity contribution in [3.8, 4) is 0 Å². The minimum atomic E-state index is 0.406. The molecule has 0 aromatic carbocycles. The smallest absolute Gasteiger partial charge is 0.00440 e. The minimum absolute atomic E-state index is 0.406. The molecular weight excluding hydrogens is 134 g/mol. The highest BCUT2D eigenvalue weighted by Crippen LogP contribution is 2.52. The maximum atomic E-state index is 5.92. The van der Waals surface area contributed by atoms with Gasteiger partial charge in [0, 0.05) is 6.04 Å². The van der Waals surface area contributed by atoms with Crippen molar-refractivity contribution in [2.45, 2.75) is 52.5 Å². The summed E-state index contributed by atoms with van der Waals surface area (Å²) in [6.07, 6.45) is 5.40. The molecule has 2 atom stereocenters. The molecule has 2 unspecified atom stereocenters. The Hall–Kier alpha value is -0.0400. The number of hydrogen-bond donors (Lipinski definition) is 1. The fourth-order valence-corrected chi connectivity index (χ4v) is 2.67. The summed E-state index contributed by atoms with van der Waals surface area (Å²) in [6, 6.07) is 0.406. The molecule has 66 valence electrons. The molecule has 11 heavy (non-hydrogen) atoms. The second-order valence-corrected chi connectivity index (χ2v) is 4.07. The van der Waals surface area contributed by atoms with Gasteiger partial charge in [0.1, 0.15) is 0 Å². The summed E-state index contributed by atoms with van der Waals surface area (Å²) < 4.78 is 0. The van der Waals surface area contributed by atoms with E-state index in [1.54, 1.807) is 0 Å². The van der Waals surface area contributed by atoms with Gasteiger partial charge in [0.05, 0.1) is 0 Å². The monoisotopic (exact) mass is 155 g/mol. The van der Waals surface area contributed by atoms with Crippen LogP contribution in [0.25, 0.3) is 0 Å². The SMILES string of the molecule is CCC1(CC)CCC1C(C)N. The van der Waals surface area contributed by atoms with Gasteiger partial charge >= 0.3 is 0 Å². The lowest BCUT2D eigenvalue weighted by atomic mass is 9.55. The average Bonchev–Trinajstić information content (AvgIpc) is 1.87. The molecule has 0 saturated heterocycles. The van der Waals surface area contributed by atoms with Crippen LogP contribution in [-0.2, 0) is 0 Å². The van der Waals surface area contributed by atoms with Crippen LogP contribution >= 0.6 is 0 Å². The quantitative estimate of drug-likeness (QED) is 0.666. The first-order valence-corrected chi connectivity index (χ1v) is 4.92. The van der Waals surface area contributed by atoms with E-state index in [9.17, 15) is 0 Å². The third kappa shape index (κ3) is 1.31. The van der Waals surface area contributed by atoms with Crippen molar-refractivity contribution in [2.75, 3.05) is 0 Å². The number of hydrogen-bond acceptors (Lipinski definition) is 1. The van der Waals surface area contributed by atoms with E-state index in [-0.39, 0.29) is 0 Å². The molecule has 0 radical (unpaired) electrons. The molecule has 1 rings (SSSR count). The zero-order valence-corrected chi connectivity index (χ0v) is 8.06. The molecular formula is C10H21N. The van der Waals surface area contributed by atoms with E-state index in [1.165, 1.54) is 25.7 Å². The second kappa shape index (κ2) is 3.14. The standard InChI is InChI=1S/C10H21N/c1-4-10(5-2)7-6-9(10)8(3)11/h8-9H,4-7,11H2,1-3H3. The lowest BCUT2D eigenvalue weighted by Gasteiger charge is -2.51. The Morgan fingerprint density at radius 1 is 1.45 bits per heavy atom. The summed E-state index contributed by atoms with van der Waals surface area (Å²) in [5, 5.41) is 0. The summed E-state index contributed by atoms with van der Waals surface area (Å²) in [6.45, 7) is 6.76. The van der Waals surface area contributed by atoms with E-state index in [4.69, 9.17) is 5.73 Å². The molecule has 0 aromatic heterocycles. The lowest BCUT2D eigenvalue weighted by Crippen LogP contribution is -2.48. The number of rotatable bonds is 3. The molecule has 2 N–H and O–H groups in total. The van der Waals surface area contributed by atoms with Crippen LogP contribution in [0.5, 0.6) is 0 Å². The van der Waals surface area contributed by atoms with E-state index in [0.717, 1.165) is 5.92 Å². The molecule has 0 heterocycles. The number of nitrogens with two attached hydrogens (primary N) is 1. The maximum Gasteiger partial charge on any atom is 0.00440 e. The minimum Gasteiger partial charge on any atom is -0.328 e. The lowest BCUT2D eigenvalue weighted by molar-refractivity contribution is 0.00629. The second-order valence-electron chi connectivity index (χ2n) is 4.07. The van der Waals surface area contributed by atoms with Crippen LogP contribution in [0.4, 0.5) is 0 Å². The van der Waals surface area contributed by atoms with Gasteiger partial charge in [-0.15, -0.1) is 0 Å². The molecule has 1 fully saturated rings. The molecule has 1 aliphatic rings. The Labute approximate surface area is 70.4 Å². The first kappa shape index (κ1) is 9.05. The molecule has 1 nitrogen and oxygen atoms in total. The molecule has 0 spiro atoms. The van der Waals surface area contributed by atoms with Gasteiger partial charge in [0.2, 0.25) is 0 Å². The normalized spacial score (nSPS) is 31.1. The van der Waals surface area contributed by atoms with E-state index >= 15 is 0 Å². The van der Waals surface area contributed by atoms with Crippen LogP contribution in [0.1, 0.15) is 46.5 Å². The van der Waals surface area contributed by atoms with Crippen LogP contribution < -0.4 is 5.73 Å². The van der Waals surface area contributed by atoms with Gasteiger partial charge in [-0.25, -0.2) is 0 Å². The Morgan fingerprint density at radius 3 is 2.09 bits per heavy atom. The van der Waals surface area contributed by atoms with Crippen LogP contribution in [-0.4, -0.2) is 6.04 Å². The topological polar surface area (TPSA) is 26.0 Å². The summed E-state index contributed by atoms with van der Waals surface area (Å²) in [7, 11) is 0. The van der Waals surface area contributed by atoms with Gasteiger partial charge < -0.3 is 5.73 Å². The molecule has 0 aromatic rings. The molecule has 0 bridgehead atoms. The van der Waals surface area contributed by atoms with Crippen molar-refractivity contribution in [2.24, 2.45) is 17.1 Å². The largest absolute Gasteiger partial charge is 0.328 e. The van der Waals surface area contributed by atoms with Gasteiger partial charge in [-0.2, -0.15) is 0 Å². The Kier molecular flexibility index (Phi) is 2.58. The Balaban J connectivity index is 2.56. The highest BCUT2D eigenvalue weighted by atomic mass is 14.7. The predicted molar refractivity (Wildman–Crippen MR) is 49.4 cm³/mol. The highest BCUT2D eigenvalue weighted by molar-refractivity contribution is 4.97. The van der Waals surface area contributed by atoms with E-state index < -0.39 is 0 Å². The van der Waals surface area contributed by atoms with Crippen molar-refractivity contribution in [3.63, 3.8) is 0 Å². The van der Waals surface area contributed by atoms with E-state index in [0.29, 0.717) is 11.5 Å². The van der Waals surface area contributed by atoms with Crippen molar-refractivity contribution in [1.29, 1.82) is 0 Å². The van der Waals surface area contributed by atoms with Crippen molar-refractivity contribution in [1.82, 2.24) is 0 Å². The van der Waals surface area contributed by atoms with Crippen LogP contribution in [0, 0.1) is 11.3 Å². The Morgan fingerprint density at radius 2 is 2.00 bits per heavy atom. The van der Waals surface area contributed by atoms with Gasteiger partial charge in [-0.3, -0.25) is 0 Å². The average molecular weight is 155 g/mol. The van der Waals surface area contributed by atoms with E-state index in [1.807, 2.05) is 0 Å². The fraction of sp³-hybridized carbons (Fsp3) is 1.00.